The first kappa shape index (κ1) is 14.5. The van der Waals surface area contributed by atoms with E-state index in [0.29, 0.717) is 6.54 Å². The summed E-state index contributed by atoms with van der Waals surface area (Å²) in [6, 6.07) is 0. The molecule has 0 aliphatic rings. The first-order valence-electron chi connectivity index (χ1n) is 5.26. The molecule has 15 heavy (non-hydrogen) atoms. The van der Waals surface area contributed by atoms with Crippen LogP contribution in [0.3, 0.4) is 0 Å². The Morgan fingerprint density at radius 3 is 2.73 bits per heavy atom. The van der Waals surface area contributed by atoms with Crippen LogP contribution in [0.15, 0.2) is 11.6 Å². The molecule has 88 valence electrons. The van der Waals surface area contributed by atoms with Gasteiger partial charge in [-0.25, -0.2) is 4.79 Å². The van der Waals surface area contributed by atoms with Gasteiger partial charge in [-0.3, -0.25) is 0 Å². The van der Waals surface area contributed by atoms with E-state index < -0.39 is 5.97 Å². The number of rotatable bonds is 9. The fourth-order valence-corrected chi connectivity index (χ4v) is 1.71. The van der Waals surface area contributed by atoms with Crippen molar-refractivity contribution in [3.8, 4) is 0 Å². The van der Waals surface area contributed by atoms with Gasteiger partial charge in [0.25, 0.3) is 0 Å². The maximum absolute atomic E-state index is 10.3. The van der Waals surface area contributed by atoms with Crippen molar-refractivity contribution in [2.45, 2.75) is 26.2 Å². The number of hydrogen-bond donors (Lipinski definition) is 2. The van der Waals surface area contributed by atoms with E-state index in [1.807, 2.05) is 18.7 Å². The first-order valence-corrected chi connectivity index (χ1v) is 6.66. The Balaban J connectivity index is 3.27. The SMILES string of the molecule is CSCCCCCNCC(C)=CC(=O)O. The molecule has 0 aliphatic carbocycles. The van der Waals surface area contributed by atoms with Gasteiger partial charge in [-0.15, -0.1) is 0 Å². The van der Waals surface area contributed by atoms with Crippen molar-refractivity contribution in [3.63, 3.8) is 0 Å². The summed E-state index contributed by atoms with van der Waals surface area (Å²) >= 11 is 1.88. The van der Waals surface area contributed by atoms with Crippen LogP contribution in [0.2, 0.25) is 0 Å². The van der Waals surface area contributed by atoms with Crippen LogP contribution in [0.5, 0.6) is 0 Å². The number of carboxylic acids is 1. The largest absolute Gasteiger partial charge is 0.478 e. The van der Waals surface area contributed by atoms with E-state index in [9.17, 15) is 4.79 Å². The lowest BCUT2D eigenvalue weighted by atomic mass is 10.2. The quantitative estimate of drug-likeness (QED) is 0.471. The highest BCUT2D eigenvalue weighted by Gasteiger charge is 1.94. The maximum Gasteiger partial charge on any atom is 0.328 e. The van der Waals surface area contributed by atoms with E-state index in [1.165, 1.54) is 31.1 Å². The monoisotopic (exact) mass is 231 g/mol. The Morgan fingerprint density at radius 1 is 1.40 bits per heavy atom. The van der Waals surface area contributed by atoms with Crippen molar-refractivity contribution in [2.75, 3.05) is 25.1 Å². The minimum atomic E-state index is -0.866. The van der Waals surface area contributed by atoms with E-state index in [2.05, 4.69) is 11.6 Å². The minimum absolute atomic E-state index is 0.675. The molecule has 0 saturated heterocycles. The molecule has 0 aromatic carbocycles. The van der Waals surface area contributed by atoms with Gasteiger partial charge in [-0.1, -0.05) is 12.0 Å². The maximum atomic E-state index is 10.3. The molecule has 0 spiro atoms. The van der Waals surface area contributed by atoms with Gasteiger partial charge in [0.2, 0.25) is 0 Å². The third-order valence-electron chi connectivity index (χ3n) is 1.98. The molecule has 0 atom stereocenters. The second-order valence-electron chi connectivity index (χ2n) is 3.56. The van der Waals surface area contributed by atoms with E-state index in [4.69, 9.17) is 5.11 Å². The van der Waals surface area contributed by atoms with Crippen molar-refractivity contribution in [2.24, 2.45) is 0 Å². The van der Waals surface area contributed by atoms with Gasteiger partial charge in [-0.05, 0) is 38.3 Å². The Morgan fingerprint density at radius 2 is 2.13 bits per heavy atom. The van der Waals surface area contributed by atoms with Gasteiger partial charge >= 0.3 is 5.97 Å². The number of thioether (sulfide) groups is 1. The van der Waals surface area contributed by atoms with Gasteiger partial charge in [0.15, 0.2) is 0 Å². The predicted octanol–water partition coefficient (Wildman–Crippen LogP) is 2.14. The minimum Gasteiger partial charge on any atom is -0.478 e. The van der Waals surface area contributed by atoms with Crippen LogP contribution in [0, 0.1) is 0 Å². The number of nitrogens with one attached hydrogen (secondary N) is 1. The van der Waals surface area contributed by atoms with Crippen LogP contribution in [0.25, 0.3) is 0 Å². The molecular weight excluding hydrogens is 210 g/mol. The van der Waals surface area contributed by atoms with E-state index in [-0.39, 0.29) is 0 Å². The number of unbranched alkanes of at least 4 members (excludes halogenated alkanes) is 2. The second kappa shape index (κ2) is 10.1. The highest BCUT2D eigenvalue weighted by atomic mass is 32.2. The molecule has 0 fully saturated rings. The van der Waals surface area contributed by atoms with Crippen LogP contribution in [0.4, 0.5) is 0 Å². The normalized spacial score (nSPS) is 11.7. The third-order valence-corrected chi connectivity index (χ3v) is 2.67. The lowest BCUT2D eigenvalue weighted by molar-refractivity contribution is -0.131. The highest BCUT2D eigenvalue weighted by Crippen LogP contribution is 2.01. The lowest BCUT2D eigenvalue weighted by Crippen LogP contribution is -2.18. The van der Waals surface area contributed by atoms with Crippen LogP contribution < -0.4 is 5.32 Å². The molecule has 0 unspecified atom stereocenters. The van der Waals surface area contributed by atoms with Gasteiger partial charge < -0.3 is 10.4 Å². The van der Waals surface area contributed by atoms with Crippen molar-refractivity contribution in [3.05, 3.63) is 11.6 Å². The summed E-state index contributed by atoms with van der Waals surface area (Å²) < 4.78 is 0. The zero-order chi connectivity index (χ0) is 11.5. The molecule has 0 saturated carbocycles. The molecule has 0 radical (unpaired) electrons. The summed E-state index contributed by atoms with van der Waals surface area (Å²) in [5.41, 5.74) is 0.867. The summed E-state index contributed by atoms with van der Waals surface area (Å²) in [5.74, 6) is 0.368. The molecule has 0 heterocycles. The van der Waals surface area contributed by atoms with Crippen molar-refractivity contribution in [1.82, 2.24) is 5.32 Å². The fourth-order valence-electron chi connectivity index (χ4n) is 1.22. The van der Waals surface area contributed by atoms with Crippen molar-refractivity contribution in [1.29, 1.82) is 0 Å². The molecule has 0 bridgehead atoms. The first-order chi connectivity index (χ1) is 7.16. The Hall–Kier alpha value is -0.480. The number of carboxylic acid groups (broad SMARTS) is 1. The average Bonchev–Trinajstić information content (AvgIpc) is 2.15. The Bertz CT molecular complexity index is 205. The van der Waals surface area contributed by atoms with Crippen LogP contribution in [-0.2, 0) is 4.79 Å². The topological polar surface area (TPSA) is 49.3 Å². The van der Waals surface area contributed by atoms with E-state index >= 15 is 0 Å². The van der Waals surface area contributed by atoms with Gasteiger partial charge in [0, 0.05) is 12.6 Å². The van der Waals surface area contributed by atoms with Crippen LogP contribution in [0.1, 0.15) is 26.2 Å². The smallest absolute Gasteiger partial charge is 0.328 e. The fraction of sp³-hybridized carbons (Fsp3) is 0.727. The van der Waals surface area contributed by atoms with Gasteiger partial charge in [-0.2, -0.15) is 11.8 Å². The molecule has 4 heteroatoms. The summed E-state index contributed by atoms with van der Waals surface area (Å²) in [6.07, 6.45) is 7.06. The molecule has 0 aromatic heterocycles. The predicted molar refractivity (Wildman–Crippen MR) is 66.5 cm³/mol. The number of hydrogen-bond acceptors (Lipinski definition) is 3. The number of aliphatic carboxylic acids is 1. The molecular formula is C11H21NO2S. The third kappa shape index (κ3) is 11.4. The molecule has 3 nitrogen and oxygen atoms in total. The zero-order valence-corrected chi connectivity index (χ0v) is 10.4. The van der Waals surface area contributed by atoms with E-state index in [0.717, 1.165) is 12.1 Å². The lowest BCUT2D eigenvalue weighted by Gasteiger charge is -2.04. The highest BCUT2D eigenvalue weighted by molar-refractivity contribution is 7.98. The van der Waals surface area contributed by atoms with Crippen LogP contribution in [-0.4, -0.2) is 36.2 Å². The summed E-state index contributed by atoms with van der Waals surface area (Å²) in [7, 11) is 0. The summed E-state index contributed by atoms with van der Waals surface area (Å²) in [6.45, 7) is 3.48. The standard InChI is InChI=1S/C11H21NO2S/c1-10(8-11(13)14)9-12-6-4-3-5-7-15-2/h8,12H,3-7,9H2,1-2H3,(H,13,14). The zero-order valence-electron chi connectivity index (χ0n) is 9.58. The number of carbonyl (C=O) groups is 1. The van der Waals surface area contributed by atoms with Crippen LogP contribution >= 0.6 is 11.8 Å². The molecule has 0 amide bonds. The molecule has 0 aromatic rings. The van der Waals surface area contributed by atoms with Gasteiger partial charge in [0.1, 0.15) is 0 Å². The second-order valence-corrected chi connectivity index (χ2v) is 4.54. The van der Waals surface area contributed by atoms with Crippen molar-refractivity contribution >= 4 is 17.7 Å². The van der Waals surface area contributed by atoms with Crippen molar-refractivity contribution < 1.29 is 9.90 Å². The Kier molecular flexibility index (Phi) is 9.73. The summed E-state index contributed by atoms with van der Waals surface area (Å²) in [4.78, 5) is 10.3. The van der Waals surface area contributed by atoms with Gasteiger partial charge in [0.05, 0.1) is 0 Å². The Labute approximate surface area is 96.3 Å². The summed E-state index contributed by atoms with van der Waals surface area (Å²) in [5, 5.41) is 11.7. The molecule has 0 rings (SSSR count). The molecule has 0 aliphatic heterocycles. The van der Waals surface area contributed by atoms with E-state index in [1.54, 1.807) is 0 Å². The average molecular weight is 231 g/mol. The molecule has 2 N–H and O–H groups in total.